The molecule has 0 bridgehead atoms. The lowest BCUT2D eigenvalue weighted by Crippen LogP contribution is -2.29. The van der Waals surface area contributed by atoms with Gasteiger partial charge in [0.15, 0.2) is 0 Å². The monoisotopic (exact) mass is 616 g/mol. The number of nitrogen functional groups attached to an aromatic ring is 2. The Hall–Kier alpha value is -6.14. The molecule has 0 atom stereocenters. The van der Waals surface area contributed by atoms with E-state index in [1.165, 1.54) is 0 Å². The Bertz CT molecular complexity index is 2010. The average molecular weight is 617 g/mol. The number of ether oxygens (including phenoxy) is 2. The lowest BCUT2D eigenvalue weighted by Gasteiger charge is -2.34. The fourth-order valence-electron chi connectivity index (χ4n) is 6.57. The number of carbonyl (C=O) groups excluding carboxylic acids is 2. The molecule has 0 fully saturated rings. The predicted octanol–water partition coefficient (Wildman–Crippen LogP) is 8.27. The fraction of sp³-hybridized carbons (Fsp3) is 0.0732. The lowest BCUT2D eigenvalue weighted by atomic mass is 9.67. The van der Waals surface area contributed by atoms with E-state index in [0.29, 0.717) is 34.0 Å². The second kappa shape index (κ2) is 11.7. The number of esters is 2. The first-order valence-corrected chi connectivity index (χ1v) is 15.3. The molecule has 0 heterocycles. The van der Waals surface area contributed by atoms with Crippen LogP contribution in [0.1, 0.15) is 54.1 Å². The van der Waals surface area contributed by atoms with Crippen LogP contribution < -0.4 is 20.9 Å². The standard InChI is InChI=1S/C41H32N2O4/c1-25-23-29(15-21-37(25)46-39(44)27-11-17-31(42)18-12-27)41(35-9-5-3-7-33(35)34-8-4-6-10-36(34)41)30-16-22-38(26(2)24-30)47-40(45)28-13-19-32(43)20-14-28/h3-24H,42-43H2,1-2H3. The molecule has 230 valence electrons. The molecule has 1 aliphatic carbocycles. The number of fused-ring (bicyclic) bond motifs is 3. The summed E-state index contributed by atoms with van der Waals surface area (Å²) in [5.74, 6) is 0.0523. The molecule has 0 aliphatic heterocycles. The molecule has 0 unspecified atom stereocenters. The Balaban J connectivity index is 1.33. The first-order valence-electron chi connectivity index (χ1n) is 15.3. The van der Waals surface area contributed by atoms with Crippen molar-refractivity contribution in [1.82, 2.24) is 0 Å². The SMILES string of the molecule is Cc1cc(C2(c3ccc(OC(=O)c4ccc(N)cc4)c(C)c3)c3ccccc3-c3ccccc32)ccc1OC(=O)c1ccc(N)cc1. The fourth-order valence-corrected chi connectivity index (χ4v) is 6.57. The van der Waals surface area contributed by atoms with Crippen LogP contribution >= 0.6 is 0 Å². The molecule has 6 aromatic rings. The van der Waals surface area contributed by atoms with Gasteiger partial charge in [-0.1, -0.05) is 72.8 Å². The van der Waals surface area contributed by atoms with E-state index in [1.54, 1.807) is 48.5 Å². The van der Waals surface area contributed by atoms with Crippen molar-refractivity contribution in [3.63, 3.8) is 0 Å². The van der Waals surface area contributed by atoms with Crippen molar-refractivity contribution in [2.24, 2.45) is 0 Å². The van der Waals surface area contributed by atoms with Crippen LogP contribution in [-0.4, -0.2) is 11.9 Å². The Morgan fingerprint density at radius 3 is 1.28 bits per heavy atom. The Kier molecular flexibility index (Phi) is 7.33. The zero-order valence-corrected chi connectivity index (χ0v) is 26.0. The summed E-state index contributed by atoms with van der Waals surface area (Å²) in [6.07, 6.45) is 0. The van der Waals surface area contributed by atoms with Crippen LogP contribution in [0.5, 0.6) is 11.5 Å². The highest BCUT2D eigenvalue weighted by Gasteiger charge is 2.46. The smallest absolute Gasteiger partial charge is 0.343 e. The van der Waals surface area contributed by atoms with Crippen LogP contribution in [0.2, 0.25) is 0 Å². The largest absolute Gasteiger partial charge is 0.423 e. The molecule has 6 aromatic carbocycles. The van der Waals surface area contributed by atoms with E-state index >= 15 is 0 Å². The quantitative estimate of drug-likeness (QED) is 0.111. The van der Waals surface area contributed by atoms with Crippen molar-refractivity contribution >= 4 is 23.3 Å². The van der Waals surface area contributed by atoms with Crippen LogP contribution in [0.25, 0.3) is 11.1 Å². The molecular formula is C41H32N2O4. The summed E-state index contributed by atoms with van der Waals surface area (Å²) in [6, 6.07) is 42.2. The van der Waals surface area contributed by atoms with Gasteiger partial charge >= 0.3 is 11.9 Å². The minimum absolute atomic E-state index is 0.422. The highest BCUT2D eigenvalue weighted by atomic mass is 16.5. The number of rotatable bonds is 6. The van der Waals surface area contributed by atoms with Crippen molar-refractivity contribution < 1.29 is 19.1 Å². The summed E-state index contributed by atoms with van der Waals surface area (Å²) in [6.45, 7) is 3.89. The molecule has 0 radical (unpaired) electrons. The predicted molar refractivity (Wildman–Crippen MR) is 185 cm³/mol. The van der Waals surface area contributed by atoms with Gasteiger partial charge in [-0.05, 0) is 119 Å². The van der Waals surface area contributed by atoms with Gasteiger partial charge in [0.1, 0.15) is 11.5 Å². The first-order chi connectivity index (χ1) is 22.8. The van der Waals surface area contributed by atoms with Gasteiger partial charge in [0.05, 0.1) is 16.5 Å². The Morgan fingerprint density at radius 2 is 0.894 bits per heavy atom. The van der Waals surface area contributed by atoms with Gasteiger partial charge in [-0.15, -0.1) is 0 Å². The van der Waals surface area contributed by atoms with E-state index in [4.69, 9.17) is 20.9 Å². The molecule has 4 N–H and O–H groups in total. The second-order valence-electron chi connectivity index (χ2n) is 11.8. The third-order valence-corrected chi connectivity index (χ3v) is 8.87. The van der Waals surface area contributed by atoms with Gasteiger partial charge in [0.25, 0.3) is 0 Å². The minimum atomic E-state index is -0.693. The average Bonchev–Trinajstić information content (AvgIpc) is 3.38. The molecular weight excluding hydrogens is 584 g/mol. The molecule has 6 heteroatoms. The molecule has 0 saturated carbocycles. The summed E-state index contributed by atoms with van der Waals surface area (Å²) >= 11 is 0. The third kappa shape index (κ3) is 5.10. The van der Waals surface area contributed by atoms with Gasteiger partial charge < -0.3 is 20.9 Å². The second-order valence-corrected chi connectivity index (χ2v) is 11.8. The molecule has 1 aliphatic rings. The maximum atomic E-state index is 13.0. The maximum absolute atomic E-state index is 13.0. The molecule has 0 spiro atoms. The van der Waals surface area contributed by atoms with Gasteiger partial charge in [0, 0.05) is 11.4 Å². The number of anilines is 2. The molecule has 7 rings (SSSR count). The molecule has 0 aromatic heterocycles. The van der Waals surface area contributed by atoms with E-state index < -0.39 is 17.4 Å². The zero-order valence-electron chi connectivity index (χ0n) is 26.0. The topological polar surface area (TPSA) is 105 Å². The summed E-state index contributed by atoms with van der Waals surface area (Å²) in [5.41, 5.74) is 21.1. The highest BCUT2D eigenvalue weighted by Crippen LogP contribution is 2.56. The number of hydrogen-bond acceptors (Lipinski definition) is 6. The van der Waals surface area contributed by atoms with Crippen molar-refractivity contribution in [2.75, 3.05) is 11.5 Å². The van der Waals surface area contributed by atoms with Gasteiger partial charge in [-0.3, -0.25) is 0 Å². The van der Waals surface area contributed by atoms with E-state index in [0.717, 1.165) is 44.5 Å². The van der Waals surface area contributed by atoms with Crippen LogP contribution in [0.4, 0.5) is 11.4 Å². The number of carbonyl (C=O) groups is 2. The van der Waals surface area contributed by atoms with Crippen LogP contribution in [0, 0.1) is 13.8 Å². The van der Waals surface area contributed by atoms with Crippen LogP contribution in [0.3, 0.4) is 0 Å². The summed E-state index contributed by atoms with van der Waals surface area (Å²) < 4.78 is 11.7. The third-order valence-electron chi connectivity index (χ3n) is 8.87. The van der Waals surface area contributed by atoms with E-state index in [1.807, 2.05) is 38.1 Å². The zero-order chi connectivity index (χ0) is 32.7. The number of nitrogens with two attached hydrogens (primary N) is 2. The van der Waals surface area contributed by atoms with Crippen molar-refractivity contribution in [3.8, 4) is 22.6 Å². The lowest BCUT2D eigenvalue weighted by molar-refractivity contribution is 0.0724. The number of hydrogen-bond donors (Lipinski definition) is 2. The van der Waals surface area contributed by atoms with E-state index in [-0.39, 0.29) is 0 Å². The van der Waals surface area contributed by atoms with Crippen molar-refractivity contribution in [3.05, 3.63) is 178 Å². The molecule has 47 heavy (non-hydrogen) atoms. The van der Waals surface area contributed by atoms with Crippen molar-refractivity contribution in [2.45, 2.75) is 19.3 Å². The van der Waals surface area contributed by atoms with Gasteiger partial charge in [0.2, 0.25) is 0 Å². The molecule has 6 nitrogen and oxygen atoms in total. The van der Waals surface area contributed by atoms with Crippen molar-refractivity contribution in [1.29, 1.82) is 0 Å². The van der Waals surface area contributed by atoms with Crippen LogP contribution in [0.15, 0.2) is 133 Å². The first kappa shape index (κ1) is 29.6. The van der Waals surface area contributed by atoms with Crippen LogP contribution in [-0.2, 0) is 5.41 Å². The maximum Gasteiger partial charge on any atom is 0.343 e. The highest BCUT2D eigenvalue weighted by molar-refractivity contribution is 5.92. The van der Waals surface area contributed by atoms with E-state index in [2.05, 4.69) is 60.7 Å². The van der Waals surface area contributed by atoms with E-state index in [9.17, 15) is 9.59 Å². The normalized spacial score (nSPS) is 12.6. The summed E-state index contributed by atoms with van der Waals surface area (Å²) in [4.78, 5) is 26.0. The summed E-state index contributed by atoms with van der Waals surface area (Å²) in [5, 5.41) is 0. The molecule has 0 amide bonds. The number of aryl methyl sites for hydroxylation is 2. The Labute approximate surface area is 273 Å². The Morgan fingerprint density at radius 1 is 0.511 bits per heavy atom. The van der Waals surface area contributed by atoms with Gasteiger partial charge in [-0.2, -0.15) is 0 Å². The van der Waals surface area contributed by atoms with Gasteiger partial charge in [-0.25, -0.2) is 9.59 Å². The number of benzene rings is 6. The summed E-state index contributed by atoms with van der Waals surface area (Å²) in [7, 11) is 0. The molecule has 0 saturated heterocycles. The minimum Gasteiger partial charge on any atom is -0.423 e.